The summed E-state index contributed by atoms with van der Waals surface area (Å²) in [6.07, 6.45) is 0. The third kappa shape index (κ3) is 5.09. The highest BCUT2D eigenvalue weighted by Gasteiger charge is 2.11. The maximum atomic E-state index is 11.8. The summed E-state index contributed by atoms with van der Waals surface area (Å²) in [6.45, 7) is 3.20. The summed E-state index contributed by atoms with van der Waals surface area (Å²) in [6, 6.07) is 12.9. The topological polar surface area (TPSA) is 64.6 Å². The molecule has 6 heteroatoms. The van der Waals surface area contributed by atoms with Gasteiger partial charge in [-0.3, -0.25) is 4.79 Å². The summed E-state index contributed by atoms with van der Waals surface area (Å²) >= 11 is 3.33. The first-order chi connectivity index (χ1) is 11.5. The smallest absolute Gasteiger partial charge is 0.344 e. The van der Waals surface area contributed by atoms with E-state index < -0.39 is 11.9 Å². The van der Waals surface area contributed by atoms with E-state index in [0.29, 0.717) is 11.4 Å². The molecule has 0 aliphatic heterocycles. The third-order valence-electron chi connectivity index (χ3n) is 3.26. The van der Waals surface area contributed by atoms with Crippen LogP contribution in [0.5, 0.6) is 5.75 Å². The Balaban J connectivity index is 1.79. The Kier molecular flexibility index (Phi) is 6.37. The molecule has 0 unspecified atom stereocenters. The average Bonchev–Trinajstić information content (AvgIpc) is 2.54. The van der Waals surface area contributed by atoms with Crippen LogP contribution in [0.4, 0.5) is 5.69 Å². The summed E-state index contributed by atoms with van der Waals surface area (Å²) in [5, 5.41) is 2.65. The zero-order chi connectivity index (χ0) is 17.5. The molecule has 0 saturated heterocycles. The summed E-state index contributed by atoms with van der Waals surface area (Å²) in [7, 11) is 0. The molecule has 0 radical (unpaired) electrons. The zero-order valence-electron chi connectivity index (χ0n) is 13.5. The molecule has 126 valence electrons. The number of hydrogen-bond acceptors (Lipinski definition) is 4. The second-order valence-electron chi connectivity index (χ2n) is 5.20. The largest absolute Gasteiger partial charge is 0.481 e. The fourth-order valence-corrected chi connectivity index (χ4v) is 2.48. The van der Waals surface area contributed by atoms with Gasteiger partial charge in [-0.05, 0) is 53.0 Å². The van der Waals surface area contributed by atoms with E-state index in [1.54, 1.807) is 18.2 Å². The Morgan fingerprint density at radius 1 is 1.00 bits per heavy atom. The van der Waals surface area contributed by atoms with Gasteiger partial charge in [0.25, 0.3) is 5.91 Å². The molecular formula is C18H18BrNO4. The van der Waals surface area contributed by atoms with Crippen molar-refractivity contribution in [2.24, 2.45) is 0 Å². The number of rotatable bonds is 6. The highest BCUT2D eigenvalue weighted by molar-refractivity contribution is 9.10. The Morgan fingerprint density at radius 2 is 1.67 bits per heavy atom. The van der Waals surface area contributed by atoms with E-state index >= 15 is 0 Å². The van der Waals surface area contributed by atoms with Crippen molar-refractivity contribution in [2.75, 3.05) is 18.5 Å². The summed E-state index contributed by atoms with van der Waals surface area (Å²) in [5.41, 5.74) is 2.49. The number of anilines is 1. The predicted octanol–water partition coefficient (Wildman–Crippen LogP) is 3.63. The van der Waals surface area contributed by atoms with Crippen LogP contribution in [0.25, 0.3) is 0 Å². The number of carbonyl (C=O) groups excluding carboxylic acids is 2. The Morgan fingerprint density at radius 3 is 2.33 bits per heavy atom. The van der Waals surface area contributed by atoms with E-state index in [1.165, 1.54) is 0 Å². The summed E-state index contributed by atoms with van der Waals surface area (Å²) in [5.74, 6) is -0.352. The summed E-state index contributed by atoms with van der Waals surface area (Å²) < 4.78 is 11.2. The van der Waals surface area contributed by atoms with Gasteiger partial charge in [0.05, 0.1) is 5.69 Å². The molecule has 0 heterocycles. The van der Waals surface area contributed by atoms with Crippen LogP contribution in [-0.2, 0) is 14.3 Å². The number of nitrogens with one attached hydrogen (secondary N) is 1. The van der Waals surface area contributed by atoms with Crippen molar-refractivity contribution in [3.05, 3.63) is 58.1 Å². The molecule has 0 aliphatic rings. The number of hydrogen-bond donors (Lipinski definition) is 1. The quantitative estimate of drug-likeness (QED) is 0.763. The minimum Gasteiger partial charge on any atom is -0.481 e. The Bertz CT molecular complexity index is 725. The van der Waals surface area contributed by atoms with Gasteiger partial charge >= 0.3 is 5.97 Å². The number of carbonyl (C=O) groups is 2. The number of esters is 1. The lowest BCUT2D eigenvalue weighted by Crippen LogP contribution is -2.24. The fraction of sp³-hybridized carbons (Fsp3) is 0.222. The SMILES string of the molecule is Cc1cccc(C)c1OCC(=O)OCC(=O)Nc1ccccc1Br. The molecule has 2 aromatic carbocycles. The number of para-hydroxylation sites is 2. The lowest BCUT2D eigenvalue weighted by Gasteiger charge is -2.11. The first kappa shape index (κ1) is 18.0. The molecule has 0 saturated carbocycles. The lowest BCUT2D eigenvalue weighted by molar-refractivity contribution is -0.149. The number of amides is 1. The normalized spacial score (nSPS) is 10.1. The Hall–Kier alpha value is -2.34. The summed E-state index contributed by atoms with van der Waals surface area (Å²) in [4.78, 5) is 23.5. The van der Waals surface area contributed by atoms with Gasteiger partial charge in [-0.25, -0.2) is 4.79 Å². The van der Waals surface area contributed by atoms with Crippen LogP contribution in [0.3, 0.4) is 0 Å². The first-order valence-corrected chi connectivity index (χ1v) is 8.15. The van der Waals surface area contributed by atoms with E-state index in [-0.39, 0.29) is 13.2 Å². The van der Waals surface area contributed by atoms with E-state index in [0.717, 1.165) is 15.6 Å². The molecule has 0 fully saturated rings. The van der Waals surface area contributed by atoms with Crippen molar-refractivity contribution in [3.63, 3.8) is 0 Å². The first-order valence-electron chi connectivity index (χ1n) is 7.36. The van der Waals surface area contributed by atoms with Crippen LogP contribution < -0.4 is 10.1 Å². The standard InChI is InChI=1S/C18H18BrNO4/c1-12-6-5-7-13(2)18(12)24-11-17(22)23-10-16(21)20-15-9-4-3-8-14(15)19/h3-9H,10-11H2,1-2H3,(H,20,21). The van der Waals surface area contributed by atoms with Gasteiger partial charge in [-0.2, -0.15) is 0 Å². The van der Waals surface area contributed by atoms with Crippen molar-refractivity contribution < 1.29 is 19.1 Å². The highest BCUT2D eigenvalue weighted by atomic mass is 79.9. The van der Waals surface area contributed by atoms with E-state index in [4.69, 9.17) is 9.47 Å². The second-order valence-corrected chi connectivity index (χ2v) is 6.05. The Labute approximate surface area is 149 Å². The van der Waals surface area contributed by atoms with Crippen LogP contribution in [-0.4, -0.2) is 25.1 Å². The minimum atomic E-state index is -0.597. The number of benzene rings is 2. The maximum absolute atomic E-state index is 11.8. The molecule has 24 heavy (non-hydrogen) atoms. The van der Waals surface area contributed by atoms with Gasteiger partial charge in [0, 0.05) is 4.47 Å². The average molecular weight is 392 g/mol. The number of aryl methyl sites for hydroxylation is 2. The van der Waals surface area contributed by atoms with Crippen molar-refractivity contribution in [1.82, 2.24) is 0 Å². The van der Waals surface area contributed by atoms with Gasteiger partial charge in [0.2, 0.25) is 0 Å². The van der Waals surface area contributed by atoms with E-state index in [2.05, 4.69) is 21.2 Å². The van der Waals surface area contributed by atoms with Gasteiger partial charge < -0.3 is 14.8 Å². The number of halogens is 1. The lowest BCUT2D eigenvalue weighted by atomic mass is 10.1. The van der Waals surface area contributed by atoms with Crippen molar-refractivity contribution >= 4 is 33.5 Å². The van der Waals surface area contributed by atoms with Gasteiger partial charge in [-0.1, -0.05) is 30.3 Å². The van der Waals surface area contributed by atoms with Crippen LogP contribution in [0.1, 0.15) is 11.1 Å². The van der Waals surface area contributed by atoms with Crippen LogP contribution in [0, 0.1) is 13.8 Å². The maximum Gasteiger partial charge on any atom is 0.344 e. The number of ether oxygens (including phenoxy) is 2. The molecule has 0 atom stereocenters. The zero-order valence-corrected chi connectivity index (χ0v) is 15.1. The van der Waals surface area contributed by atoms with E-state index in [1.807, 2.05) is 38.1 Å². The molecule has 1 N–H and O–H groups in total. The van der Waals surface area contributed by atoms with Crippen LogP contribution in [0.2, 0.25) is 0 Å². The molecule has 2 rings (SSSR count). The molecule has 0 aromatic heterocycles. The van der Waals surface area contributed by atoms with Crippen LogP contribution in [0.15, 0.2) is 46.9 Å². The molecule has 5 nitrogen and oxygen atoms in total. The van der Waals surface area contributed by atoms with Crippen molar-refractivity contribution in [1.29, 1.82) is 0 Å². The van der Waals surface area contributed by atoms with Crippen molar-refractivity contribution in [2.45, 2.75) is 13.8 Å². The highest BCUT2D eigenvalue weighted by Crippen LogP contribution is 2.22. The monoisotopic (exact) mass is 391 g/mol. The fourth-order valence-electron chi connectivity index (χ4n) is 2.09. The van der Waals surface area contributed by atoms with Crippen molar-refractivity contribution in [3.8, 4) is 5.75 Å². The van der Waals surface area contributed by atoms with Gasteiger partial charge in [0.1, 0.15) is 5.75 Å². The van der Waals surface area contributed by atoms with Crippen LogP contribution >= 0.6 is 15.9 Å². The minimum absolute atomic E-state index is 0.242. The van der Waals surface area contributed by atoms with Gasteiger partial charge in [-0.15, -0.1) is 0 Å². The molecule has 0 spiro atoms. The van der Waals surface area contributed by atoms with Gasteiger partial charge in [0.15, 0.2) is 13.2 Å². The third-order valence-corrected chi connectivity index (χ3v) is 3.95. The molecule has 0 aliphatic carbocycles. The molecule has 1 amide bonds. The molecular weight excluding hydrogens is 374 g/mol. The second kappa shape index (κ2) is 8.49. The molecule has 0 bridgehead atoms. The molecule has 2 aromatic rings. The predicted molar refractivity (Wildman–Crippen MR) is 95.1 cm³/mol. The van der Waals surface area contributed by atoms with E-state index in [9.17, 15) is 9.59 Å².